The lowest BCUT2D eigenvalue weighted by atomic mass is 9.84. The number of ketones is 1. The molecule has 0 heterocycles. The topological polar surface area (TPSA) is 121 Å². The summed E-state index contributed by atoms with van der Waals surface area (Å²) in [6.45, 7) is 7.91. The van der Waals surface area contributed by atoms with E-state index < -0.39 is 10.0 Å². The standard InChI is InChI=1S/C18H22N2O3S.H2O/c1-11(2)16-9-14(10-17(12(3)4)18(16)21)20-13-5-7-15(8-6-13)24(19,22)23;/h5-12H,1-4H3,(H2,19,22,23);1H2. The normalized spacial score (nSPS) is 15.0. The van der Waals surface area contributed by atoms with Gasteiger partial charge in [-0.2, -0.15) is 0 Å². The molecule has 1 aliphatic rings. The van der Waals surface area contributed by atoms with Gasteiger partial charge >= 0.3 is 0 Å². The van der Waals surface area contributed by atoms with E-state index in [1.54, 1.807) is 24.3 Å². The van der Waals surface area contributed by atoms with E-state index in [2.05, 4.69) is 4.99 Å². The molecule has 0 atom stereocenters. The number of aliphatic imine (C=N–C) groups is 1. The lowest BCUT2D eigenvalue weighted by Crippen LogP contribution is -2.20. The monoisotopic (exact) mass is 364 g/mol. The Balaban J connectivity index is 0.00000312. The van der Waals surface area contributed by atoms with Crippen molar-refractivity contribution in [2.75, 3.05) is 0 Å². The van der Waals surface area contributed by atoms with Crippen molar-refractivity contribution in [3.63, 3.8) is 0 Å². The summed E-state index contributed by atoms with van der Waals surface area (Å²) in [4.78, 5) is 17.0. The molecule has 0 bridgehead atoms. The van der Waals surface area contributed by atoms with Gasteiger partial charge in [0.15, 0.2) is 5.78 Å². The number of hydrogen-bond donors (Lipinski definition) is 1. The lowest BCUT2D eigenvalue weighted by molar-refractivity contribution is -0.113. The largest absolute Gasteiger partial charge is 0.412 e. The van der Waals surface area contributed by atoms with Gasteiger partial charge in [-0.15, -0.1) is 0 Å². The summed E-state index contributed by atoms with van der Waals surface area (Å²) in [6, 6.07) is 6.02. The zero-order valence-electron chi connectivity index (χ0n) is 14.8. The molecule has 4 N–H and O–H groups in total. The SMILES string of the molecule is CC(C)C1=CC(=Nc2ccc(S(N)(=O)=O)cc2)C=C(C(C)C)C1=O.O. The van der Waals surface area contributed by atoms with Crippen LogP contribution in [0.25, 0.3) is 0 Å². The number of primary sulfonamides is 1. The molecule has 0 radical (unpaired) electrons. The number of nitrogens with two attached hydrogens (primary N) is 1. The van der Waals surface area contributed by atoms with Crippen LogP contribution in [0.3, 0.4) is 0 Å². The van der Waals surface area contributed by atoms with Crippen LogP contribution in [0.5, 0.6) is 0 Å². The first kappa shape index (κ1) is 21.0. The van der Waals surface area contributed by atoms with E-state index in [1.165, 1.54) is 12.1 Å². The van der Waals surface area contributed by atoms with Crippen molar-refractivity contribution >= 4 is 27.2 Å². The van der Waals surface area contributed by atoms with Crippen LogP contribution in [0.2, 0.25) is 0 Å². The van der Waals surface area contributed by atoms with Crippen LogP contribution in [0.15, 0.2) is 57.5 Å². The predicted molar refractivity (Wildman–Crippen MR) is 99.4 cm³/mol. The second-order valence-corrected chi connectivity index (χ2v) is 7.97. The highest BCUT2D eigenvalue weighted by molar-refractivity contribution is 7.89. The highest BCUT2D eigenvalue weighted by Crippen LogP contribution is 2.26. The van der Waals surface area contributed by atoms with Gasteiger partial charge in [0, 0.05) is 11.1 Å². The highest BCUT2D eigenvalue weighted by Gasteiger charge is 2.24. The first-order valence-corrected chi connectivity index (χ1v) is 9.33. The summed E-state index contributed by atoms with van der Waals surface area (Å²) in [6.07, 6.45) is 3.60. The molecule has 136 valence electrons. The fourth-order valence-corrected chi connectivity index (χ4v) is 2.96. The number of carbonyl (C=O) groups excluding carboxylic acids is 1. The van der Waals surface area contributed by atoms with Crippen LogP contribution in [-0.4, -0.2) is 25.4 Å². The third-order valence-electron chi connectivity index (χ3n) is 3.80. The smallest absolute Gasteiger partial charge is 0.238 e. The number of benzene rings is 1. The molecule has 0 spiro atoms. The molecule has 2 rings (SSSR count). The van der Waals surface area contributed by atoms with Crippen molar-refractivity contribution < 1.29 is 18.7 Å². The van der Waals surface area contributed by atoms with Crippen LogP contribution in [0, 0.1) is 11.8 Å². The Morgan fingerprint density at radius 3 is 1.72 bits per heavy atom. The van der Waals surface area contributed by atoms with E-state index in [1.807, 2.05) is 27.7 Å². The Kier molecular flexibility index (Phi) is 6.59. The summed E-state index contributed by atoms with van der Waals surface area (Å²) < 4.78 is 22.6. The molecule has 0 saturated carbocycles. The van der Waals surface area contributed by atoms with Gasteiger partial charge in [-0.05, 0) is 48.3 Å². The minimum absolute atomic E-state index is 0. The van der Waals surface area contributed by atoms with Gasteiger partial charge in [0.25, 0.3) is 0 Å². The summed E-state index contributed by atoms with van der Waals surface area (Å²) in [5, 5.41) is 5.09. The molecule has 0 unspecified atom stereocenters. The number of allylic oxidation sites excluding steroid dienone is 4. The van der Waals surface area contributed by atoms with E-state index in [9.17, 15) is 13.2 Å². The van der Waals surface area contributed by atoms with Gasteiger partial charge in [-0.1, -0.05) is 27.7 Å². The molecule has 1 aromatic rings. The minimum atomic E-state index is -3.72. The van der Waals surface area contributed by atoms with E-state index in [0.717, 1.165) is 11.1 Å². The maximum Gasteiger partial charge on any atom is 0.238 e. The Hall–Kier alpha value is -2.09. The molecule has 1 aromatic carbocycles. The number of hydrogen-bond acceptors (Lipinski definition) is 4. The molecule has 6 nitrogen and oxygen atoms in total. The molecule has 25 heavy (non-hydrogen) atoms. The zero-order valence-corrected chi connectivity index (χ0v) is 15.6. The van der Waals surface area contributed by atoms with Crippen molar-refractivity contribution in [2.45, 2.75) is 32.6 Å². The molecule has 0 aromatic heterocycles. The van der Waals surface area contributed by atoms with Crippen molar-refractivity contribution in [2.24, 2.45) is 22.0 Å². The van der Waals surface area contributed by atoms with Crippen molar-refractivity contribution in [3.05, 3.63) is 47.6 Å². The van der Waals surface area contributed by atoms with Gasteiger partial charge in [0.1, 0.15) is 0 Å². The van der Waals surface area contributed by atoms with Gasteiger partial charge in [-0.3, -0.25) is 4.79 Å². The third-order valence-corrected chi connectivity index (χ3v) is 4.73. The molecule has 0 aliphatic heterocycles. The first-order chi connectivity index (χ1) is 11.1. The average Bonchev–Trinajstić information content (AvgIpc) is 2.48. The summed E-state index contributed by atoms with van der Waals surface area (Å²) in [7, 11) is -3.72. The van der Waals surface area contributed by atoms with Gasteiger partial charge in [-0.25, -0.2) is 18.5 Å². The number of nitrogens with zero attached hydrogens (tertiary/aromatic N) is 1. The Bertz CT molecular complexity index is 816. The van der Waals surface area contributed by atoms with Crippen molar-refractivity contribution in [3.8, 4) is 0 Å². The highest BCUT2D eigenvalue weighted by atomic mass is 32.2. The quantitative estimate of drug-likeness (QED) is 0.825. The van der Waals surface area contributed by atoms with E-state index >= 15 is 0 Å². The second-order valence-electron chi connectivity index (χ2n) is 6.41. The predicted octanol–water partition coefficient (Wildman–Crippen LogP) is 2.33. The number of Topliss-reactive ketones (excluding diaryl/α,β-unsaturated/α-hetero) is 1. The van der Waals surface area contributed by atoms with Crippen LogP contribution < -0.4 is 5.14 Å². The maximum atomic E-state index is 12.5. The van der Waals surface area contributed by atoms with Crippen LogP contribution in [0.1, 0.15) is 27.7 Å². The van der Waals surface area contributed by atoms with E-state index in [4.69, 9.17) is 5.14 Å². The minimum Gasteiger partial charge on any atom is -0.412 e. The van der Waals surface area contributed by atoms with Crippen molar-refractivity contribution in [1.82, 2.24) is 0 Å². The Morgan fingerprint density at radius 2 is 1.36 bits per heavy atom. The molecular formula is C18H24N2O4S. The average molecular weight is 364 g/mol. The summed E-state index contributed by atoms with van der Waals surface area (Å²) in [5.74, 6) is 0.286. The van der Waals surface area contributed by atoms with Gasteiger partial charge < -0.3 is 5.48 Å². The lowest BCUT2D eigenvalue weighted by Gasteiger charge is -2.20. The molecule has 0 amide bonds. The molecule has 7 heteroatoms. The van der Waals surface area contributed by atoms with Gasteiger partial charge in [0.2, 0.25) is 10.0 Å². The number of rotatable bonds is 4. The Morgan fingerprint density at radius 1 is 0.920 bits per heavy atom. The van der Waals surface area contributed by atoms with Gasteiger partial charge in [0.05, 0.1) is 16.3 Å². The summed E-state index contributed by atoms with van der Waals surface area (Å²) >= 11 is 0. The fraction of sp³-hybridized carbons (Fsp3) is 0.333. The van der Waals surface area contributed by atoms with E-state index in [-0.39, 0.29) is 28.0 Å². The number of carbonyl (C=O) groups is 1. The van der Waals surface area contributed by atoms with Crippen molar-refractivity contribution in [1.29, 1.82) is 0 Å². The second kappa shape index (κ2) is 7.86. The van der Waals surface area contributed by atoms with Crippen LogP contribution in [-0.2, 0) is 14.8 Å². The number of sulfonamides is 1. The molecule has 1 aliphatic carbocycles. The first-order valence-electron chi connectivity index (χ1n) is 7.79. The summed E-state index contributed by atoms with van der Waals surface area (Å²) in [5.41, 5.74) is 2.76. The fourth-order valence-electron chi connectivity index (χ4n) is 2.44. The maximum absolute atomic E-state index is 12.5. The van der Waals surface area contributed by atoms with Crippen LogP contribution >= 0.6 is 0 Å². The zero-order chi connectivity index (χ0) is 18.1. The third kappa shape index (κ3) is 4.94. The molecule has 0 saturated heterocycles. The van der Waals surface area contributed by atoms with E-state index in [0.29, 0.717) is 11.4 Å². The molecule has 0 fully saturated rings. The van der Waals surface area contributed by atoms with Crippen LogP contribution in [0.4, 0.5) is 5.69 Å². The molecular weight excluding hydrogens is 340 g/mol. The Labute approximate surface area is 148 Å².